The second-order valence-electron chi connectivity index (χ2n) is 6.15. The van der Waals surface area contributed by atoms with Crippen molar-refractivity contribution in [3.8, 4) is 0 Å². The summed E-state index contributed by atoms with van der Waals surface area (Å²) in [4.78, 5) is 5.49. The normalized spacial score (nSPS) is 21.1. The van der Waals surface area contributed by atoms with Crippen molar-refractivity contribution in [2.45, 2.75) is 52.1 Å². The molecule has 1 saturated heterocycles. The third-order valence-electron chi connectivity index (χ3n) is 4.72. The van der Waals surface area contributed by atoms with Crippen LogP contribution >= 0.6 is 11.3 Å². The number of aryl methyl sites for hydroxylation is 1. The lowest BCUT2D eigenvalue weighted by molar-refractivity contribution is -0.0324. The van der Waals surface area contributed by atoms with Gasteiger partial charge in [0.1, 0.15) is 0 Å². The van der Waals surface area contributed by atoms with Gasteiger partial charge in [-0.05, 0) is 45.4 Å². The highest BCUT2D eigenvalue weighted by atomic mass is 32.1. The van der Waals surface area contributed by atoms with Crippen molar-refractivity contribution < 1.29 is 4.74 Å². The molecule has 0 aromatic carbocycles. The zero-order chi connectivity index (χ0) is 15.3. The first-order chi connectivity index (χ1) is 10.1. The number of nitrogens with one attached hydrogen (secondary N) is 1. The van der Waals surface area contributed by atoms with E-state index in [9.17, 15) is 0 Å². The van der Waals surface area contributed by atoms with Crippen LogP contribution < -0.4 is 5.32 Å². The molecular weight excluding hydrogens is 280 g/mol. The van der Waals surface area contributed by atoms with E-state index >= 15 is 0 Å². The van der Waals surface area contributed by atoms with Gasteiger partial charge in [-0.2, -0.15) is 0 Å². The van der Waals surface area contributed by atoms with Gasteiger partial charge in [0.25, 0.3) is 0 Å². The molecule has 1 aromatic heterocycles. The van der Waals surface area contributed by atoms with E-state index in [1.54, 1.807) is 0 Å². The van der Waals surface area contributed by atoms with Crippen LogP contribution in [-0.2, 0) is 4.74 Å². The number of thiophene rings is 1. The van der Waals surface area contributed by atoms with E-state index in [0.717, 1.165) is 39.3 Å². The molecule has 0 aliphatic carbocycles. The van der Waals surface area contributed by atoms with E-state index in [-0.39, 0.29) is 5.54 Å². The van der Waals surface area contributed by atoms with Gasteiger partial charge in [0.05, 0.1) is 19.3 Å². The van der Waals surface area contributed by atoms with Crippen molar-refractivity contribution in [1.29, 1.82) is 0 Å². The van der Waals surface area contributed by atoms with Crippen LogP contribution in [0.1, 0.15) is 49.4 Å². The summed E-state index contributed by atoms with van der Waals surface area (Å²) in [6, 6.07) is 4.96. The van der Waals surface area contributed by atoms with E-state index in [4.69, 9.17) is 4.74 Å². The summed E-state index contributed by atoms with van der Waals surface area (Å²) in [6.45, 7) is 14.0. The predicted octanol–water partition coefficient (Wildman–Crippen LogP) is 3.60. The molecule has 2 unspecified atom stereocenters. The van der Waals surface area contributed by atoms with Crippen LogP contribution in [0.5, 0.6) is 0 Å². The molecule has 0 radical (unpaired) electrons. The topological polar surface area (TPSA) is 24.5 Å². The van der Waals surface area contributed by atoms with Crippen molar-refractivity contribution in [3.05, 3.63) is 21.9 Å². The molecule has 1 aromatic rings. The minimum Gasteiger partial charge on any atom is -0.379 e. The first kappa shape index (κ1) is 16.9. The van der Waals surface area contributed by atoms with Gasteiger partial charge in [-0.1, -0.05) is 13.8 Å². The van der Waals surface area contributed by atoms with Gasteiger partial charge in [0.15, 0.2) is 0 Å². The highest BCUT2D eigenvalue weighted by Gasteiger charge is 2.40. The van der Waals surface area contributed by atoms with Crippen molar-refractivity contribution in [2.24, 2.45) is 0 Å². The number of morpholine rings is 1. The summed E-state index contributed by atoms with van der Waals surface area (Å²) >= 11 is 1.93. The van der Waals surface area contributed by atoms with Crippen LogP contribution in [0, 0.1) is 6.92 Å². The summed E-state index contributed by atoms with van der Waals surface area (Å²) in [5.41, 5.74) is 0.149. The summed E-state index contributed by atoms with van der Waals surface area (Å²) in [6.07, 6.45) is 2.31. The zero-order valence-electron chi connectivity index (χ0n) is 13.9. The highest BCUT2D eigenvalue weighted by Crippen LogP contribution is 2.37. The van der Waals surface area contributed by atoms with E-state index in [1.807, 2.05) is 11.3 Å². The molecule has 2 atom stereocenters. The fraction of sp³-hybridized carbons (Fsp3) is 0.765. The Hall–Kier alpha value is -0.420. The predicted molar refractivity (Wildman–Crippen MR) is 91.2 cm³/mol. The fourth-order valence-electron chi connectivity index (χ4n) is 3.21. The molecule has 0 saturated carbocycles. The lowest BCUT2D eigenvalue weighted by Crippen LogP contribution is -2.57. The van der Waals surface area contributed by atoms with Crippen molar-refractivity contribution in [3.63, 3.8) is 0 Å². The molecule has 1 fully saturated rings. The number of nitrogens with zero attached hydrogens (tertiary/aromatic N) is 1. The summed E-state index contributed by atoms with van der Waals surface area (Å²) < 4.78 is 5.55. The Morgan fingerprint density at radius 2 is 2.05 bits per heavy atom. The van der Waals surface area contributed by atoms with Gasteiger partial charge in [0.2, 0.25) is 0 Å². The molecule has 0 bridgehead atoms. The molecular formula is C17H30N2OS. The Kier molecular flexibility index (Phi) is 6.23. The van der Waals surface area contributed by atoms with Crippen LogP contribution in [0.25, 0.3) is 0 Å². The lowest BCUT2D eigenvalue weighted by atomic mass is 9.85. The van der Waals surface area contributed by atoms with Crippen LogP contribution in [0.15, 0.2) is 12.1 Å². The van der Waals surface area contributed by atoms with Gasteiger partial charge in [-0.3, -0.25) is 4.90 Å². The second-order valence-corrected chi connectivity index (χ2v) is 7.47. The van der Waals surface area contributed by atoms with E-state index in [2.05, 4.69) is 50.0 Å². The molecule has 120 valence electrons. The third kappa shape index (κ3) is 3.86. The molecule has 1 aliphatic rings. The van der Waals surface area contributed by atoms with Crippen molar-refractivity contribution in [2.75, 3.05) is 32.8 Å². The molecule has 0 spiro atoms. The van der Waals surface area contributed by atoms with E-state index in [0.29, 0.717) is 6.04 Å². The van der Waals surface area contributed by atoms with Crippen LogP contribution in [0.3, 0.4) is 0 Å². The van der Waals surface area contributed by atoms with Gasteiger partial charge >= 0.3 is 0 Å². The lowest BCUT2D eigenvalue weighted by Gasteiger charge is -2.48. The Labute approximate surface area is 133 Å². The van der Waals surface area contributed by atoms with E-state index in [1.165, 1.54) is 16.2 Å². The second kappa shape index (κ2) is 7.73. The monoisotopic (exact) mass is 310 g/mol. The number of hydrogen-bond acceptors (Lipinski definition) is 4. The minimum atomic E-state index is 0.149. The van der Waals surface area contributed by atoms with Crippen molar-refractivity contribution >= 4 is 11.3 Å². The van der Waals surface area contributed by atoms with Gasteiger partial charge in [-0.15, -0.1) is 11.3 Å². The molecule has 3 nitrogen and oxygen atoms in total. The fourth-order valence-corrected chi connectivity index (χ4v) is 4.31. The van der Waals surface area contributed by atoms with Crippen LogP contribution in [0.4, 0.5) is 0 Å². The maximum absolute atomic E-state index is 5.55. The number of ether oxygens (including phenoxy) is 1. The SMILES string of the molecule is CCCNC(c1ccc(C)s1)C(C)(CC)N1CCOCC1. The van der Waals surface area contributed by atoms with Crippen LogP contribution in [0.2, 0.25) is 0 Å². The Bertz CT molecular complexity index is 428. The maximum atomic E-state index is 5.55. The summed E-state index contributed by atoms with van der Waals surface area (Å²) in [5, 5.41) is 3.82. The first-order valence-electron chi connectivity index (χ1n) is 8.24. The zero-order valence-corrected chi connectivity index (χ0v) is 14.8. The quantitative estimate of drug-likeness (QED) is 0.833. The summed E-state index contributed by atoms with van der Waals surface area (Å²) in [5.74, 6) is 0. The minimum absolute atomic E-state index is 0.149. The average Bonchev–Trinajstić information content (AvgIpc) is 2.94. The first-order valence-corrected chi connectivity index (χ1v) is 9.06. The van der Waals surface area contributed by atoms with Crippen molar-refractivity contribution in [1.82, 2.24) is 10.2 Å². The Balaban J connectivity index is 2.26. The Morgan fingerprint density at radius 1 is 1.33 bits per heavy atom. The number of rotatable bonds is 7. The standard InChI is InChI=1S/C17H30N2OS/c1-5-9-18-16(15-8-7-14(3)21-15)17(4,6-2)19-10-12-20-13-11-19/h7-8,16,18H,5-6,9-13H2,1-4H3. The smallest absolute Gasteiger partial charge is 0.0599 e. The molecule has 21 heavy (non-hydrogen) atoms. The number of hydrogen-bond donors (Lipinski definition) is 1. The van der Waals surface area contributed by atoms with Gasteiger partial charge in [-0.25, -0.2) is 0 Å². The third-order valence-corrected chi connectivity index (χ3v) is 5.78. The van der Waals surface area contributed by atoms with Crippen LogP contribution in [-0.4, -0.2) is 43.3 Å². The Morgan fingerprint density at radius 3 is 2.57 bits per heavy atom. The maximum Gasteiger partial charge on any atom is 0.0599 e. The highest BCUT2D eigenvalue weighted by molar-refractivity contribution is 7.12. The van der Waals surface area contributed by atoms with Gasteiger partial charge < -0.3 is 10.1 Å². The summed E-state index contributed by atoms with van der Waals surface area (Å²) in [7, 11) is 0. The average molecular weight is 311 g/mol. The molecule has 4 heteroatoms. The molecule has 1 aliphatic heterocycles. The molecule has 1 N–H and O–H groups in total. The molecule has 2 rings (SSSR count). The molecule has 0 amide bonds. The largest absolute Gasteiger partial charge is 0.379 e. The van der Waals surface area contributed by atoms with E-state index < -0.39 is 0 Å². The van der Waals surface area contributed by atoms with Gasteiger partial charge in [0, 0.05) is 28.4 Å². The molecule has 2 heterocycles.